The van der Waals surface area contributed by atoms with E-state index in [1.807, 2.05) is 6.92 Å². The summed E-state index contributed by atoms with van der Waals surface area (Å²) in [6, 6.07) is -0.521. The zero-order valence-corrected chi connectivity index (χ0v) is 10.2. The summed E-state index contributed by atoms with van der Waals surface area (Å²) in [7, 11) is 0. The first-order valence-corrected chi connectivity index (χ1v) is 5.69. The summed E-state index contributed by atoms with van der Waals surface area (Å²) in [6.45, 7) is 1.28. The van der Waals surface area contributed by atoms with Crippen LogP contribution in [0.5, 0.6) is 0 Å². The Morgan fingerprint density at radius 1 is 1.50 bits per heavy atom. The second kappa shape index (κ2) is 6.69. The van der Waals surface area contributed by atoms with Crippen LogP contribution in [-0.4, -0.2) is 40.2 Å². The van der Waals surface area contributed by atoms with E-state index in [0.29, 0.717) is 18.8 Å². The van der Waals surface area contributed by atoms with Gasteiger partial charge in [-0.1, -0.05) is 6.92 Å². The van der Waals surface area contributed by atoms with E-state index < -0.39 is 18.8 Å². The normalized spacial score (nSPS) is 13.8. The first kappa shape index (κ1) is 14.9. The Hall–Kier alpha value is -1.15. The molecule has 0 fully saturated rings. The lowest BCUT2D eigenvalue weighted by Gasteiger charge is -2.13. The van der Waals surface area contributed by atoms with Crippen molar-refractivity contribution in [1.29, 1.82) is 0 Å². The third-order valence-corrected chi connectivity index (χ3v) is 2.17. The number of nitrogens with two attached hydrogens (primary N) is 1. The van der Waals surface area contributed by atoms with Gasteiger partial charge in [-0.25, -0.2) is 4.98 Å². The fourth-order valence-corrected chi connectivity index (χ4v) is 1.46. The van der Waals surface area contributed by atoms with Crippen LogP contribution < -0.4 is 5.73 Å². The summed E-state index contributed by atoms with van der Waals surface area (Å²) in [4.78, 5) is 4.03. The van der Waals surface area contributed by atoms with Crippen LogP contribution in [0.4, 0.5) is 13.2 Å². The number of alkyl halides is 3. The molecular weight excluding hydrogens is 249 g/mol. The van der Waals surface area contributed by atoms with Gasteiger partial charge >= 0.3 is 6.18 Å². The molecular formula is C10H17F3N4O. The monoisotopic (exact) mass is 266 g/mol. The lowest BCUT2D eigenvalue weighted by Crippen LogP contribution is -2.32. The van der Waals surface area contributed by atoms with Crippen molar-refractivity contribution in [2.45, 2.75) is 38.5 Å². The summed E-state index contributed by atoms with van der Waals surface area (Å²) in [5.41, 5.74) is 5.69. The Morgan fingerprint density at radius 3 is 2.83 bits per heavy atom. The van der Waals surface area contributed by atoms with Gasteiger partial charge in [0.1, 0.15) is 18.8 Å². The van der Waals surface area contributed by atoms with Crippen molar-refractivity contribution in [3.05, 3.63) is 12.2 Å². The molecule has 0 spiro atoms. The molecule has 1 aromatic heterocycles. The van der Waals surface area contributed by atoms with Crippen molar-refractivity contribution >= 4 is 0 Å². The van der Waals surface area contributed by atoms with Gasteiger partial charge < -0.3 is 10.5 Å². The third-order valence-electron chi connectivity index (χ3n) is 2.17. The molecule has 1 heterocycles. The molecule has 0 aliphatic carbocycles. The highest BCUT2D eigenvalue weighted by Gasteiger charge is 2.27. The van der Waals surface area contributed by atoms with Gasteiger partial charge in [-0.15, -0.1) is 0 Å². The van der Waals surface area contributed by atoms with Crippen molar-refractivity contribution in [1.82, 2.24) is 14.8 Å². The molecule has 0 aliphatic heterocycles. The third kappa shape index (κ3) is 5.46. The maximum atomic E-state index is 11.9. The summed E-state index contributed by atoms with van der Waals surface area (Å²) >= 11 is 0. The van der Waals surface area contributed by atoms with Gasteiger partial charge in [-0.2, -0.15) is 18.3 Å². The minimum Gasteiger partial charge on any atom is -0.370 e. The molecule has 1 atom stereocenters. The number of aryl methyl sites for hydroxylation is 1. The maximum Gasteiger partial charge on any atom is 0.411 e. The van der Waals surface area contributed by atoms with Crippen LogP contribution in [0.15, 0.2) is 6.33 Å². The minimum absolute atomic E-state index is 0.154. The molecule has 18 heavy (non-hydrogen) atoms. The van der Waals surface area contributed by atoms with Crippen LogP contribution in [0.3, 0.4) is 0 Å². The number of halogens is 3. The molecule has 0 saturated heterocycles. The molecule has 0 aromatic carbocycles. The number of hydrogen-bond donors (Lipinski definition) is 1. The van der Waals surface area contributed by atoms with E-state index in [1.165, 1.54) is 6.33 Å². The van der Waals surface area contributed by atoms with Crippen molar-refractivity contribution in [3.63, 3.8) is 0 Å². The van der Waals surface area contributed by atoms with Crippen LogP contribution in [0.2, 0.25) is 0 Å². The van der Waals surface area contributed by atoms with Crippen LogP contribution in [0.1, 0.15) is 19.2 Å². The van der Waals surface area contributed by atoms with Crippen molar-refractivity contribution in [3.8, 4) is 0 Å². The molecule has 0 amide bonds. The number of nitrogens with zero attached hydrogens (tertiary/aromatic N) is 3. The van der Waals surface area contributed by atoms with Gasteiger partial charge in [0.05, 0.1) is 6.61 Å². The van der Waals surface area contributed by atoms with E-state index in [1.54, 1.807) is 4.68 Å². The fourth-order valence-electron chi connectivity index (χ4n) is 1.46. The van der Waals surface area contributed by atoms with E-state index in [4.69, 9.17) is 5.73 Å². The van der Waals surface area contributed by atoms with Gasteiger partial charge in [0.2, 0.25) is 0 Å². The Labute approximate surface area is 103 Å². The predicted molar refractivity (Wildman–Crippen MR) is 58.9 cm³/mol. The first-order chi connectivity index (χ1) is 8.42. The highest BCUT2D eigenvalue weighted by molar-refractivity contribution is 4.88. The average Bonchev–Trinajstić information content (AvgIpc) is 2.64. The summed E-state index contributed by atoms with van der Waals surface area (Å²) in [5, 5.41) is 4.01. The van der Waals surface area contributed by atoms with Crippen LogP contribution >= 0.6 is 0 Å². The second-order valence-corrected chi connectivity index (χ2v) is 3.99. The van der Waals surface area contributed by atoms with E-state index in [0.717, 1.165) is 6.42 Å². The topological polar surface area (TPSA) is 66.0 Å². The number of rotatable bonds is 7. The molecule has 104 valence electrons. The van der Waals surface area contributed by atoms with Gasteiger partial charge in [0, 0.05) is 19.0 Å². The first-order valence-electron chi connectivity index (χ1n) is 5.69. The molecule has 0 aliphatic rings. The Balaban J connectivity index is 2.35. The standard InChI is InChI=1S/C10H17F3N4O/c1-2-3-17-9(15-7-16-17)4-8(14)5-18-6-10(11,12)13/h7-8H,2-6,14H2,1H3. The van der Waals surface area contributed by atoms with Gasteiger partial charge in [0.25, 0.3) is 0 Å². The van der Waals surface area contributed by atoms with Gasteiger partial charge in [-0.3, -0.25) is 4.68 Å². The Kier molecular flexibility index (Phi) is 5.54. The molecule has 0 radical (unpaired) electrons. The number of hydrogen-bond acceptors (Lipinski definition) is 4. The van der Waals surface area contributed by atoms with E-state index in [2.05, 4.69) is 14.8 Å². The maximum absolute atomic E-state index is 11.9. The van der Waals surface area contributed by atoms with Crippen LogP contribution in [0.25, 0.3) is 0 Å². The SMILES string of the molecule is CCCn1ncnc1CC(N)COCC(F)(F)F. The Morgan fingerprint density at radius 2 is 2.22 bits per heavy atom. The zero-order chi connectivity index (χ0) is 13.6. The second-order valence-electron chi connectivity index (χ2n) is 3.99. The number of ether oxygens (including phenoxy) is 1. The van der Waals surface area contributed by atoms with E-state index in [-0.39, 0.29) is 6.61 Å². The summed E-state index contributed by atoms with van der Waals surface area (Å²) < 4.78 is 41.8. The summed E-state index contributed by atoms with van der Waals surface area (Å²) in [5.74, 6) is 0.667. The summed E-state index contributed by atoms with van der Waals surface area (Å²) in [6.07, 6.45) is -1.66. The quantitative estimate of drug-likeness (QED) is 0.803. The van der Waals surface area contributed by atoms with Crippen LogP contribution in [-0.2, 0) is 17.7 Å². The van der Waals surface area contributed by atoms with E-state index in [9.17, 15) is 13.2 Å². The molecule has 8 heteroatoms. The zero-order valence-electron chi connectivity index (χ0n) is 10.2. The van der Waals surface area contributed by atoms with Crippen molar-refractivity contribution in [2.75, 3.05) is 13.2 Å². The molecule has 1 rings (SSSR count). The number of aromatic nitrogens is 3. The molecule has 1 aromatic rings. The van der Waals surface area contributed by atoms with Crippen molar-refractivity contribution < 1.29 is 17.9 Å². The smallest absolute Gasteiger partial charge is 0.370 e. The molecule has 0 saturated carbocycles. The highest BCUT2D eigenvalue weighted by Crippen LogP contribution is 2.14. The molecule has 2 N–H and O–H groups in total. The predicted octanol–water partition coefficient (Wildman–Crippen LogP) is 1.14. The molecule has 1 unspecified atom stereocenters. The molecule has 5 nitrogen and oxygen atoms in total. The minimum atomic E-state index is -4.32. The lowest BCUT2D eigenvalue weighted by atomic mass is 10.2. The lowest BCUT2D eigenvalue weighted by molar-refractivity contribution is -0.174. The van der Waals surface area contributed by atoms with Gasteiger partial charge in [0.15, 0.2) is 0 Å². The Bertz CT molecular complexity index is 353. The largest absolute Gasteiger partial charge is 0.411 e. The van der Waals surface area contributed by atoms with Crippen molar-refractivity contribution in [2.24, 2.45) is 5.73 Å². The highest BCUT2D eigenvalue weighted by atomic mass is 19.4. The molecule has 0 bridgehead atoms. The van der Waals surface area contributed by atoms with E-state index >= 15 is 0 Å². The average molecular weight is 266 g/mol. The van der Waals surface area contributed by atoms with Crippen LogP contribution in [0, 0.1) is 0 Å². The van der Waals surface area contributed by atoms with Gasteiger partial charge in [-0.05, 0) is 6.42 Å². The fraction of sp³-hybridized carbons (Fsp3) is 0.800.